The lowest BCUT2D eigenvalue weighted by Gasteiger charge is -2.39. The van der Waals surface area contributed by atoms with Crippen molar-refractivity contribution in [1.82, 2.24) is 4.90 Å². The van der Waals surface area contributed by atoms with Crippen LogP contribution in [0.5, 0.6) is 0 Å². The molecule has 0 saturated carbocycles. The van der Waals surface area contributed by atoms with Crippen molar-refractivity contribution in [2.75, 3.05) is 14.1 Å². The van der Waals surface area contributed by atoms with E-state index in [9.17, 15) is 0 Å². The molecule has 1 aliphatic rings. The quantitative estimate of drug-likeness (QED) is 0.835. The Labute approximate surface area is 127 Å². The third kappa shape index (κ3) is 3.34. The summed E-state index contributed by atoms with van der Waals surface area (Å²) in [6.07, 6.45) is 2.47. The summed E-state index contributed by atoms with van der Waals surface area (Å²) in [6, 6.07) is 21.7. The zero-order valence-corrected chi connectivity index (χ0v) is 12.8. The van der Waals surface area contributed by atoms with Gasteiger partial charge in [-0.15, -0.1) is 0 Å². The maximum absolute atomic E-state index is 6.41. The summed E-state index contributed by atoms with van der Waals surface area (Å²) < 4.78 is 6.41. The molecule has 0 N–H and O–H groups in total. The van der Waals surface area contributed by atoms with Crippen LogP contribution in [0.1, 0.15) is 36.2 Å². The Kier molecular flexibility index (Phi) is 4.37. The molecule has 0 aliphatic carbocycles. The largest absolute Gasteiger partial charge is 0.365 e. The molecule has 1 heterocycles. The fraction of sp³-hybridized carbons (Fsp3) is 0.368. The first-order chi connectivity index (χ1) is 10.2. The van der Waals surface area contributed by atoms with E-state index in [1.54, 1.807) is 0 Å². The highest BCUT2D eigenvalue weighted by atomic mass is 16.5. The third-order valence-electron chi connectivity index (χ3n) is 4.37. The van der Waals surface area contributed by atoms with Crippen molar-refractivity contribution < 1.29 is 4.74 Å². The molecule has 0 aromatic heterocycles. The highest BCUT2D eigenvalue weighted by molar-refractivity contribution is 5.22. The second-order valence-corrected chi connectivity index (χ2v) is 6.02. The normalized spacial score (nSPS) is 26.0. The Hall–Kier alpha value is -1.64. The van der Waals surface area contributed by atoms with Crippen molar-refractivity contribution in [3.8, 4) is 0 Å². The van der Waals surface area contributed by atoms with Crippen LogP contribution in [0.2, 0.25) is 0 Å². The number of hydrogen-bond acceptors (Lipinski definition) is 2. The Morgan fingerprint density at radius 3 is 1.57 bits per heavy atom. The smallest absolute Gasteiger partial charge is 0.0848 e. The molecule has 2 nitrogen and oxygen atoms in total. The number of benzene rings is 2. The molecule has 0 bridgehead atoms. The molecule has 3 atom stereocenters. The van der Waals surface area contributed by atoms with Crippen LogP contribution in [0.3, 0.4) is 0 Å². The fourth-order valence-electron chi connectivity index (χ4n) is 3.09. The first kappa shape index (κ1) is 14.3. The lowest BCUT2D eigenvalue weighted by molar-refractivity contribution is -0.0801. The van der Waals surface area contributed by atoms with Crippen molar-refractivity contribution in [2.45, 2.75) is 31.1 Å². The van der Waals surface area contributed by atoms with Gasteiger partial charge in [0.1, 0.15) is 0 Å². The topological polar surface area (TPSA) is 12.5 Å². The van der Waals surface area contributed by atoms with Crippen LogP contribution < -0.4 is 0 Å². The number of nitrogens with zero attached hydrogens (tertiary/aromatic N) is 1. The van der Waals surface area contributed by atoms with Gasteiger partial charge >= 0.3 is 0 Å². The van der Waals surface area contributed by atoms with Gasteiger partial charge in [0.15, 0.2) is 0 Å². The Balaban J connectivity index is 1.85. The molecule has 0 amide bonds. The lowest BCUT2D eigenvalue weighted by Crippen LogP contribution is -2.36. The number of hydrogen-bond donors (Lipinski definition) is 0. The van der Waals surface area contributed by atoms with E-state index in [0.29, 0.717) is 6.04 Å². The molecule has 2 aromatic carbocycles. The molecule has 110 valence electrons. The van der Waals surface area contributed by atoms with Gasteiger partial charge in [0.05, 0.1) is 12.2 Å². The summed E-state index contributed by atoms with van der Waals surface area (Å²) in [4.78, 5) is 2.33. The van der Waals surface area contributed by atoms with Crippen LogP contribution in [0.4, 0.5) is 0 Å². The maximum atomic E-state index is 6.41. The minimum absolute atomic E-state index is 0.178. The molecule has 2 heteroatoms. The van der Waals surface area contributed by atoms with Gasteiger partial charge in [-0.1, -0.05) is 60.7 Å². The summed E-state index contributed by atoms with van der Waals surface area (Å²) in [7, 11) is 4.33. The Bertz CT molecular complexity index is 505. The standard InChI is InChI=1S/C19H23NO/c1-20(2)17-13-18(15-9-5-3-6-10-15)21-19(14-17)16-11-7-4-8-12-16/h3-12,17-19H,13-14H2,1-2H3/t17?,18-,19+. The molecule has 2 aromatic rings. The zero-order valence-electron chi connectivity index (χ0n) is 12.8. The molecule has 1 unspecified atom stereocenters. The maximum Gasteiger partial charge on any atom is 0.0848 e. The van der Waals surface area contributed by atoms with Gasteiger partial charge in [-0.3, -0.25) is 0 Å². The van der Waals surface area contributed by atoms with Crippen LogP contribution in [0.15, 0.2) is 60.7 Å². The summed E-state index contributed by atoms with van der Waals surface area (Å²) >= 11 is 0. The first-order valence-corrected chi connectivity index (χ1v) is 7.66. The molecule has 1 fully saturated rings. The average Bonchev–Trinajstić information content (AvgIpc) is 2.56. The summed E-state index contributed by atoms with van der Waals surface area (Å²) in [5.41, 5.74) is 2.56. The molecule has 21 heavy (non-hydrogen) atoms. The van der Waals surface area contributed by atoms with Crippen LogP contribution in [-0.4, -0.2) is 25.0 Å². The van der Waals surface area contributed by atoms with E-state index in [2.05, 4.69) is 79.7 Å². The average molecular weight is 281 g/mol. The van der Waals surface area contributed by atoms with E-state index in [-0.39, 0.29) is 12.2 Å². The van der Waals surface area contributed by atoms with Gasteiger partial charge in [-0.05, 0) is 38.1 Å². The van der Waals surface area contributed by atoms with E-state index >= 15 is 0 Å². The molecular formula is C19H23NO. The van der Waals surface area contributed by atoms with Crippen molar-refractivity contribution in [1.29, 1.82) is 0 Å². The SMILES string of the molecule is CN(C)C1C[C@@H](c2ccccc2)O[C@@H](c2ccccc2)C1. The molecule has 0 spiro atoms. The van der Waals surface area contributed by atoms with Crippen molar-refractivity contribution >= 4 is 0 Å². The Morgan fingerprint density at radius 2 is 1.19 bits per heavy atom. The van der Waals surface area contributed by atoms with Gasteiger partial charge in [-0.2, -0.15) is 0 Å². The van der Waals surface area contributed by atoms with Gasteiger partial charge in [-0.25, -0.2) is 0 Å². The van der Waals surface area contributed by atoms with Gasteiger partial charge < -0.3 is 9.64 Å². The monoisotopic (exact) mass is 281 g/mol. The van der Waals surface area contributed by atoms with Crippen molar-refractivity contribution in [3.05, 3.63) is 71.8 Å². The van der Waals surface area contributed by atoms with E-state index in [1.165, 1.54) is 11.1 Å². The fourth-order valence-corrected chi connectivity index (χ4v) is 3.09. The highest BCUT2D eigenvalue weighted by Gasteiger charge is 2.32. The molecular weight excluding hydrogens is 258 g/mol. The van der Waals surface area contributed by atoms with Gasteiger partial charge in [0.25, 0.3) is 0 Å². The molecule has 3 rings (SSSR count). The summed E-state index contributed by atoms with van der Waals surface area (Å²) in [5.74, 6) is 0. The van der Waals surface area contributed by atoms with Crippen LogP contribution in [-0.2, 0) is 4.74 Å². The summed E-state index contributed by atoms with van der Waals surface area (Å²) in [5, 5.41) is 0. The Morgan fingerprint density at radius 1 is 0.762 bits per heavy atom. The van der Waals surface area contributed by atoms with E-state index in [4.69, 9.17) is 4.74 Å². The predicted octanol–water partition coefficient (Wildman–Crippen LogP) is 4.21. The molecule has 1 aliphatic heterocycles. The minimum atomic E-state index is 0.178. The van der Waals surface area contributed by atoms with Gasteiger partial charge in [0, 0.05) is 6.04 Å². The number of rotatable bonds is 3. The molecule has 0 radical (unpaired) electrons. The molecule has 1 saturated heterocycles. The third-order valence-corrected chi connectivity index (χ3v) is 4.37. The second kappa shape index (κ2) is 6.42. The van der Waals surface area contributed by atoms with Crippen LogP contribution in [0, 0.1) is 0 Å². The highest BCUT2D eigenvalue weighted by Crippen LogP contribution is 2.39. The predicted molar refractivity (Wildman–Crippen MR) is 86.2 cm³/mol. The van der Waals surface area contributed by atoms with E-state index < -0.39 is 0 Å². The summed E-state index contributed by atoms with van der Waals surface area (Å²) in [6.45, 7) is 0. The van der Waals surface area contributed by atoms with E-state index in [0.717, 1.165) is 12.8 Å². The van der Waals surface area contributed by atoms with Gasteiger partial charge in [0.2, 0.25) is 0 Å². The second-order valence-electron chi connectivity index (χ2n) is 6.02. The number of ether oxygens (including phenoxy) is 1. The van der Waals surface area contributed by atoms with Crippen molar-refractivity contribution in [2.24, 2.45) is 0 Å². The van der Waals surface area contributed by atoms with Crippen LogP contribution in [0.25, 0.3) is 0 Å². The van der Waals surface area contributed by atoms with Crippen LogP contribution >= 0.6 is 0 Å². The van der Waals surface area contributed by atoms with E-state index in [1.807, 2.05) is 0 Å². The van der Waals surface area contributed by atoms with Crippen molar-refractivity contribution in [3.63, 3.8) is 0 Å². The minimum Gasteiger partial charge on any atom is -0.365 e. The zero-order chi connectivity index (χ0) is 14.7. The lowest BCUT2D eigenvalue weighted by atomic mass is 9.91. The first-order valence-electron chi connectivity index (χ1n) is 7.66.